The Balaban J connectivity index is 0.000000255. The van der Waals surface area contributed by atoms with E-state index in [-0.39, 0.29) is 0 Å². The molecule has 6 N–H and O–H groups in total. The molecule has 200 valence electrons. The van der Waals surface area contributed by atoms with Crippen molar-refractivity contribution in [3.05, 3.63) is 78.9 Å². The minimum Gasteiger partial charge on any atom is -0.507 e. The molecule has 8 heteroatoms. The van der Waals surface area contributed by atoms with Crippen molar-refractivity contribution in [3.63, 3.8) is 0 Å². The fourth-order valence-electron chi connectivity index (χ4n) is 4.16. The van der Waals surface area contributed by atoms with Gasteiger partial charge < -0.3 is 30.4 Å². The van der Waals surface area contributed by atoms with Gasteiger partial charge in [-0.25, -0.2) is 4.57 Å². The maximum absolute atomic E-state index is 10.4. The number of fused-ring (bicyclic) bond motifs is 2. The minimum absolute atomic E-state index is 0.324. The summed E-state index contributed by atoms with van der Waals surface area (Å²) >= 11 is 0. The predicted octanol–water partition coefficient (Wildman–Crippen LogP) is 5.89. The summed E-state index contributed by atoms with van der Waals surface area (Å²) in [6.07, 6.45) is 2.38. The van der Waals surface area contributed by atoms with Crippen LogP contribution in [0.15, 0.2) is 78.9 Å². The molecule has 0 aliphatic carbocycles. The van der Waals surface area contributed by atoms with E-state index in [0.717, 1.165) is 46.8 Å². The standard InChI is InChI=1S/C20H14O.C9H22N2.H3O4P/c21-19-13-12-15-7-2-4-10-17(15)20(19)18-11-5-8-14-6-1-3-9-16(14)18;1-4-11(5-2)8-6-7-9(3)10;1-5(2,3)4/h1-13,21H;9H,4-8,10H2,1-3H3;(H3,1,2,3,4). The number of phenolic OH excluding ortho intramolecular Hbond substituents is 1. The highest BCUT2D eigenvalue weighted by Crippen LogP contribution is 2.39. The first-order valence-corrected chi connectivity index (χ1v) is 14.1. The summed E-state index contributed by atoms with van der Waals surface area (Å²) in [7, 11) is -4.64. The van der Waals surface area contributed by atoms with Crippen molar-refractivity contribution in [2.24, 2.45) is 5.73 Å². The zero-order valence-electron chi connectivity index (χ0n) is 21.8. The van der Waals surface area contributed by atoms with Crippen LogP contribution >= 0.6 is 7.82 Å². The molecule has 4 rings (SSSR count). The monoisotopic (exact) mass is 526 g/mol. The van der Waals surface area contributed by atoms with Crippen LogP contribution in [0.3, 0.4) is 0 Å². The second kappa shape index (κ2) is 14.8. The van der Waals surface area contributed by atoms with Crippen LogP contribution in [0.4, 0.5) is 0 Å². The zero-order valence-corrected chi connectivity index (χ0v) is 22.7. The topological polar surface area (TPSA) is 127 Å². The third-order valence-corrected chi connectivity index (χ3v) is 5.99. The van der Waals surface area contributed by atoms with Gasteiger partial charge in [0.2, 0.25) is 0 Å². The van der Waals surface area contributed by atoms with Crippen LogP contribution in [0.5, 0.6) is 5.75 Å². The molecule has 0 spiro atoms. The van der Waals surface area contributed by atoms with Gasteiger partial charge >= 0.3 is 7.82 Å². The van der Waals surface area contributed by atoms with Gasteiger partial charge in [0, 0.05) is 11.6 Å². The average Bonchev–Trinajstić information content (AvgIpc) is 2.86. The first kappa shape index (κ1) is 30.5. The molecule has 0 saturated carbocycles. The molecule has 1 atom stereocenters. The average molecular weight is 527 g/mol. The molecule has 0 aliphatic rings. The van der Waals surface area contributed by atoms with Gasteiger partial charge in [0.1, 0.15) is 5.75 Å². The lowest BCUT2D eigenvalue weighted by Gasteiger charge is -2.17. The van der Waals surface area contributed by atoms with E-state index in [1.165, 1.54) is 18.4 Å². The van der Waals surface area contributed by atoms with Crippen LogP contribution in [0, 0.1) is 0 Å². The Labute approximate surface area is 219 Å². The van der Waals surface area contributed by atoms with Crippen LogP contribution in [0.25, 0.3) is 32.7 Å². The lowest BCUT2D eigenvalue weighted by atomic mass is 9.93. The van der Waals surface area contributed by atoms with Crippen LogP contribution in [0.2, 0.25) is 0 Å². The normalized spacial score (nSPS) is 12.0. The van der Waals surface area contributed by atoms with Crippen molar-refractivity contribution in [2.75, 3.05) is 19.6 Å². The summed E-state index contributed by atoms with van der Waals surface area (Å²) in [4.78, 5) is 24.0. The van der Waals surface area contributed by atoms with E-state index in [1.807, 2.05) is 36.4 Å². The van der Waals surface area contributed by atoms with E-state index in [0.29, 0.717) is 11.8 Å². The van der Waals surface area contributed by atoms with E-state index in [2.05, 4.69) is 62.1 Å². The van der Waals surface area contributed by atoms with Gasteiger partial charge in [-0.1, -0.05) is 86.6 Å². The maximum atomic E-state index is 10.4. The van der Waals surface area contributed by atoms with Crippen molar-refractivity contribution < 1.29 is 24.4 Å². The summed E-state index contributed by atoms with van der Waals surface area (Å²) in [5.74, 6) is 0.324. The largest absolute Gasteiger partial charge is 0.507 e. The molecule has 0 amide bonds. The first-order valence-electron chi connectivity index (χ1n) is 12.5. The molecule has 0 radical (unpaired) electrons. The zero-order chi connectivity index (χ0) is 27.4. The Morgan fingerprint density at radius 2 is 1.32 bits per heavy atom. The number of benzene rings is 4. The summed E-state index contributed by atoms with van der Waals surface area (Å²) in [5, 5.41) is 15.0. The fraction of sp³-hybridized carbons (Fsp3) is 0.310. The molecule has 0 aromatic heterocycles. The van der Waals surface area contributed by atoms with Crippen molar-refractivity contribution in [1.29, 1.82) is 0 Å². The molecular weight excluding hydrogens is 487 g/mol. The fourth-order valence-corrected chi connectivity index (χ4v) is 4.16. The lowest BCUT2D eigenvalue weighted by Crippen LogP contribution is -2.25. The first-order chi connectivity index (χ1) is 17.5. The van der Waals surface area contributed by atoms with Gasteiger partial charge in [-0.3, -0.25) is 0 Å². The Bertz CT molecular complexity index is 1290. The van der Waals surface area contributed by atoms with Gasteiger partial charge in [-0.05, 0) is 72.6 Å². The van der Waals surface area contributed by atoms with E-state index < -0.39 is 7.82 Å². The minimum atomic E-state index is -4.64. The number of rotatable bonds is 7. The molecule has 0 heterocycles. The summed E-state index contributed by atoms with van der Waals surface area (Å²) in [5.41, 5.74) is 7.62. The summed E-state index contributed by atoms with van der Waals surface area (Å²) in [6, 6.07) is 26.8. The van der Waals surface area contributed by atoms with Gasteiger partial charge in [0.05, 0.1) is 0 Å². The SMILES string of the molecule is CCN(CC)CCCC(C)N.O=P(O)(O)O.Oc1ccc2ccccc2c1-c1cccc2ccccc12. The number of phosphoric acid groups is 1. The summed E-state index contributed by atoms with van der Waals surface area (Å²) in [6.45, 7) is 10.0. The number of nitrogens with zero attached hydrogens (tertiary/aromatic N) is 1. The molecule has 0 aliphatic heterocycles. The van der Waals surface area contributed by atoms with Crippen molar-refractivity contribution in [2.45, 2.75) is 39.7 Å². The van der Waals surface area contributed by atoms with Crippen molar-refractivity contribution in [3.8, 4) is 16.9 Å². The quantitative estimate of drug-likeness (QED) is 0.190. The Morgan fingerprint density at radius 1 is 0.811 bits per heavy atom. The number of phenols is 1. The van der Waals surface area contributed by atoms with Gasteiger partial charge in [0.15, 0.2) is 0 Å². The number of hydrogen-bond acceptors (Lipinski definition) is 4. The predicted molar refractivity (Wildman–Crippen MR) is 153 cm³/mol. The molecule has 0 bridgehead atoms. The van der Waals surface area contributed by atoms with Gasteiger partial charge in [0.25, 0.3) is 0 Å². The molecule has 7 nitrogen and oxygen atoms in total. The third kappa shape index (κ3) is 10.3. The van der Waals surface area contributed by atoms with Gasteiger partial charge in [-0.2, -0.15) is 0 Å². The second-order valence-electron chi connectivity index (χ2n) is 8.87. The number of hydrogen-bond donors (Lipinski definition) is 5. The van der Waals surface area contributed by atoms with Crippen LogP contribution < -0.4 is 5.73 Å². The molecule has 1 unspecified atom stereocenters. The highest BCUT2D eigenvalue weighted by Gasteiger charge is 2.11. The molecule has 0 fully saturated rings. The van der Waals surface area contributed by atoms with E-state index >= 15 is 0 Å². The molecular formula is C29H39N2O5P. The highest BCUT2D eigenvalue weighted by atomic mass is 31.2. The number of nitrogens with two attached hydrogens (primary N) is 1. The lowest BCUT2D eigenvalue weighted by molar-refractivity contribution is 0.275. The van der Waals surface area contributed by atoms with E-state index in [9.17, 15) is 5.11 Å². The van der Waals surface area contributed by atoms with E-state index in [4.69, 9.17) is 25.0 Å². The molecule has 4 aromatic carbocycles. The van der Waals surface area contributed by atoms with Crippen LogP contribution in [0.1, 0.15) is 33.6 Å². The molecule has 0 saturated heterocycles. The van der Waals surface area contributed by atoms with Crippen LogP contribution in [-0.2, 0) is 4.57 Å². The number of aromatic hydroxyl groups is 1. The maximum Gasteiger partial charge on any atom is 0.466 e. The van der Waals surface area contributed by atoms with Crippen molar-refractivity contribution >= 4 is 29.4 Å². The van der Waals surface area contributed by atoms with Gasteiger partial charge in [-0.15, -0.1) is 0 Å². The Morgan fingerprint density at radius 3 is 1.89 bits per heavy atom. The molecule has 37 heavy (non-hydrogen) atoms. The summed E-state index contributed by atoms with van der Waals surface area (Å²) < 4.78 is 8.88. The van der Waals surface area contributed by atoms with Crippen molar-refractivity contribution in [1.82, 2.24) is 4.90 Å². The second-order valence-corrected chi connectivity index (χ2v) is 9.89. The van der Waals surface area contributed by atoms with E-state index in [1.54, 1.807) is 6.07 Å². The third-order valence-electron chi connectivity index (χ3n) is 5.99. The molecule has 4 aromatic rings. The van der Waals surface area contributed by atoms with Crippen LogP contribution in [-0.4, -0.2) is 50.4 Å². The Kier molecular flexibility index (Phi) is 12.2. The smallest absolute Gasteiger partial charge is 0.466 e. The highest BCUT2D eigenvalue weighted by molar-refractivity contribution is 7.45. The Hall–Kier alpha value is -2.77.